The lowest BCUT2D eigenvalue weighted by atomic mass is 10.2. The van der Waals surface area contributed by atoms with Crippen LogP contribution in [0.15, 0.2) is 41.3 Å². The van der Waals surface area contributed by atoms with Gasteiger partial charge in [0.15, 0.2) is 11.5 Å². The number of carbonyl (C=O) groups excluding carboxylic acids is 1. The van der Waals surface area contributed by atoms with E-state index in [1.54, 1.807) is 23.1 Å². The molecule has 0 aromatic heterocycles. The Labute approximate surface area is 198 Å². The van der Waals surface area contributed by atoms with Crippen LogP contribution in [0.4, 0.5) is 5.69 Å². The molecule has 1 N–H and O–H groups in total. The second kappa shape index (κ2) is 10.4. The smallest absolute Gasteiger partial charge is 0.267 e. The molecule has 0 radical (unpaired) electrons. The third-order valence-corrected chi connectivity index (χ3v) is 6.65. The van der Waals surface area contributed by atoms with Crippen molar-refractivity contribution in [3.63, 3.8) is 0 Å². The van der Waals surface area contributed by atoms with Crippen molar-refractivity contribution in [1.82, 2.24) is 4.90 Å². The van der Waals surface area contributed by atoms with E-state index in [0.717, 1.165) is 0 Å². The van der Waals surface area contributed by atoms with Crippen molar-refractivity contribution in [3.05, 3.63) is 36.4 Å². The van der Waals surface area contributed by atoms with E-state index in [1.807, 2.05) is 13.8 Å². The van der Waals surface area contributed by atoms with E-state index in [4.69, 9.17) is 23.7 Å². The number of anilines is 1. The lowest BCUT2D eigenvalue weighted by Crippen LogP contribution is -2.50. The predicted octanol–water partition coefficient (Wildman–Crippen LogP) is 2.28. The fourth-order valence-corrected chi connectivity index (χ4v) is 4.73. The van der Waals surface area contributed by atoms with Gasteiger partial charge in [-0.15, -0.1) is 0 Å². The van der Waals surface area contributed by atoms with Crippen LogP contribution in [0.3, 0.4) is 0 Å². The summed E-state index contributed by atoms with van der Waals surface area (Å²) in [6, 6.07) is 9.21. The molecule has 0 saturated carbocycles. The van der Waals surface area contributed by atoms with E-state index >= 15 is 0 Å². The van der Waals surface area contributed by atoms with Gasteiger partial charge < -0.3 is 28.6 Å². The molecule has 2 aromatic rings. The van der Waals surface area contributed by atoms with E-state index in [2.05, 4.69) is 4.72 Å². The van der Waals surface area contributed by atoms with Crippen LogP contribution in [0.25, 0.3) is 0 Å². The molecular weight excluding hydrogens is 464 g/mol. The molecule has 11 heteroatoms. The van der Waals surface area contributed by atoms with Crippen molar-refractivity contribution >= 4 is 21.6 Å². The summed E-state index contributed by atoms with van der Waals surface area (Å²) >= 11 is 0. The van der Waals surface area contributed by atoms with E-state index in [0.29, 0.717) is 56.8 Å². The van der Waals surface area contributed by atoms with Crippen LogP contribution in [0, 0.1) is 0 Å². The van der Waals surface area contributed by atoms with Crippen molar-refractivity contribution in [1.29, 1.82) is 0 Å². The molecule has 34 heavy (non-hydrogen) atoms. The number of hydrogen-bond donors (Lipinski definition) is 1. The monoisotopic (exact) mass is 492 g/mol. The molecule has 1 fully saturated rings. The first-order chi connectivity index (χ1) is 16.4. The Kier molecular flexibility index (Phi) is 7.32. The summed E-state index contributed by atoms with van der Waals surface area (Å²) < 4.78 is 56.6. The van der Waals surface area contributed by atoms with Gasteiger partial charge >= 0.3 is 0 Å². The number of sulfonamides is 1. The molecule has 0 spiro atoms. The molecule has 2 aliphatic rings. The van der Waals surface area contributed by atoms with Crippen LogP contribution in [0.2, 0.25) is 0 Å². The Morgan fingerprint density at radius 2 is 1.82 bits per heavy atom. The third-order valence-electron chi connectivity index (χ3n) is 5.29. The molecule has 10 nitrogen and oxygen atoms in total. The second-order valence-corrected chi connectivity index (χ2v) is 9.28. The topological polar surface area (TPSA) is 113 Å². The summed E-state index contributed by atoms with van der Waals surface area (Å²) in [5.41, 5.74) is 0.263. The zero-order valence-electron chi connectivity index (χ0n) is 19.1. The average Bonchev–Trinajstić information content (AvgIpc) is 2.85. The number of hydrogen-bond acceptors (Lipinski definition) is 8. The highest BCUT2D eigenvalue weighted by molar-refractivity contribution is 7.92. The molecule has 4 rings (SSSR count). The van der Waals surface area contributed by atoms with E-state index in [9.17, 15) is 13.2 Å². The highest BCUT2D eigenvalue weighted by Gasteiger charge is 2.32. The third kappa shape index (κ3) is 5.31. The Bertz CT molecular complexity index is 1130. The number of carbonyl (C=O) groups is 1. The minimum atomic E-state index is -3.98. The second-order valence-electron chi connectivity index (χ2n) is 7.59. The molecular formula is C23H28N2O8S. The first-order valence-electron chi connectivity index (χ1n) is 11.1. The normalized spacial score (nSPS) is 17.7. The summed E-state index contributed by atoms with van der Waals surface area (Å²) in [6.45, 7) is 6.44. The van der Waals surface area contributed by atoms with Gasteiger partial charge in [-0.3, -0.25) is 9.52 Å². The Hall–Kier alpha value is -3.18. The van der Waals surface area contributed by atoms with Gasteiger partial charge in [0, 0.05) is 25.2 Å². The highest BCUT2D eigenvalue weighted by Crippen LogP contribution is 2.36. The quantitative estimate of drug-likeness (QED) is 0.597. The van der Waals surface area contributed by atoms with E-state index < -0.39 is 16.1 Å². The highest BCUT2D eigenvalue weighted by atomic mass is 32.2. The number of rotatable bonds is 8. The van der Waals surface area contributed by atoms with Crippen molar-refractivity contribution in [2.24, 2.45) is 0 Å². The number of fused-ring (bicyclic) bond motifs is 1. The summed E-state index contributed by atoms with van der Waals surface area (Å²) in [7, 11) is -3.98. The van der Waals surface area contributed by atoms with E-state index in [1.165, 1.54) is 18.2 Å². The van der Waals surface area contributed by atoms with Gasteiger partial charge in [0.25, 0.3) is 15.9 Å². The Morgan fingerprint density at radius 1 is 1.06 bits per heavy atom. The van der Waals surface area contributed by atoms with Gasteiger partial charge in [-0.05, 0) is 38.1 Å². The predicted molar refractivity (Wildman–Crippen MR) is 123 cm³/mol. The Balaban J connectivity index is 1.51. The maximum absolute atomic E-state index is 13.1. The number of nitrogens with zero attached hydrogens (tertiary/aromatic N) is 1. The fourth-order valence-electron chi connectivity index (χ4n) is 3.66. The molecule has 1 atom stereocenters. The van der Waals surface area contributed by atoms with Gasteiger partial charge in [0.1, 0.15) is 18.1 Å². The largest absolute Gasteiger partial charge is 0.494 e. The number of amides is 1. The molecule has 0 aliphatic carbocycles. The molecule has 1 amide bonds. The lowest BCUT2D eigenvalue weighted by Gasteiger charge is -2.32. The molecule has 2 aromatic carbocycles. The number of benzene rings is 2. The summed E-state index contributed by atoms with van der Waals surface area (Å²) in [6.07, 6.45) is -0.791. The van der Waals surface area contributed by atoms with Crippen LogP contribution in [0.1, 0.15) is 13.8 Å². The summed E-state index contributed by atoms with van der Waals surface area (Å²) in [5.74, 6) is 1.29. The first-order valence-corrected chi connectivity index (χ1v) is 12.6. The standard InChI is InChI=1S/C23H28N2O8S/c1-3-30-16-5-7-19(31-4-2)18(13-16)24-34(27,28)17-6-8-20-21(14-17)32-15-22(33-20)23(26)25-9-11-29-12-10-25/h5-8,13-14,22,24H,3-4,9-12,15H2,1-2H3/t22-/m1/s1. The SMILES string of the molecule is CCOc1ccc(OCC)c(NS(=O)(=O)c2ccc3c(c2)OC[C@H](C(=O)N2CCOCC2)O3)c1. The van der Waals surface area contributed by atoms with Crippen LogP contribution < -0.4 is 23.7 Å². The van der Waals surface area contributed by atoms with Gasteiger partial charge in [-0.1, -0.05) is 0 Å². The van der Waals surface area contributed by atoms with Crippen molar-refractivity contribution in [2.45, 2.75) is 24.8 Å². The number of nitrogens with one attached hydrogen (secondary N) is 1. The number of morpholine rings is 1. The average molecular weight is 493 g/mol. The molecule has 0 unspecified atom stereocenters. The van der Waals surface area contributed by atoms with E-state index in [-0.39, 0.29) is 28.8 Å². The Morgan fingerprint density at radius 3 is 2.56 bits per heavy atom. The molecule has 2 aliphatic heterocycles. The van der Waals surface area contributed by atoms with Crippen LogP contribution in [0.5, 0.6) is 23.0 Å². The molecule has 184 valence electrons. The van der Waals surface area contributed by atoms with Gasteiger partial charge in [0.05, 0.1) is 37.0 Å². The van der Waals surface area contributed by atoms with Crippen molar-refractivity contribution < 1.29 is 36.9 Å². The molecule has 1 saturated heterocycles. The molecule has 0 bridgehead atoms. The van der Waals surface area contributed by atoms with Crippen LogP contribution in [-0.2, 0) is 19.6 Å². The maximum atomic E-state index is 13.1. The fraction of sp³-hybridized carbons (Fsp3) is 0.435. The minimum absolute atomic E-state index is 0.00892. The number of ether oxygens (including phenoxy) is 5. The zero-order valence-corrected chi connectivity index (χ0v) is 19.9. The van der Waals surface area contributed by atoms with Crippen LogP contribution in [-0.4, -0.2) is 71.5 Å². The minimum Gasteiger partial charge on any atom is -0.494 e. The first kappa shape index (κ1) is 24.0. The zero-order chi connectivity index (χ0) is 24.1. The van der Waals surface area contributed by atoms with Gasteiger partial charge in [-0.25, -0.2) is 8.42 Å². The maximum Gasteiger partial charge on any atom is 0.267 e. The lowest BCUT2D eigenvalue weighted by molar-refractivity contribution is -0.145. The van der Waals surface area contributed by atoms with Crippen molar-refractivity contribution in [2.75, 3.05) is 50.8 Å². The van der Waals surface area contributed by atoms with Crippen molar-refractivity contribution in [3.8, 4) is 23.0 Å². The van der Waals surface area contributed by atoms with Gasteiger partial charge in [-0.2, -0.15) is 0 Å². The van der Waals surface area contributed by atoms with Crippen LogP contribution >= 0.6 is 0 Å². The van der Waals surface area contributed by atoms with Gasteiger partial charge in [0.2, 0.25) is 6.10 Å². The summed E-state index contributed by atoms with van der Waals surface area (Å²) in [5, 5.41) is 0. The summed E-state index contributed by atoms with van der Waals surface area (Å²) in [4.78, 5) is 14.4. The molecule has 2 heterocycles.